The molecule has 7 heteroatoms. The van der Waals surface area contributed by atoms with E-state index in [-0.39, 0.29) is 17.9 Å². The average Bonchev–Trinajstić information content (AvgIpc) is 2.93. The zero-order valence-corrected chi connectivity index (χ0v) is 18.9. The lowest BCUT2D eigenvalue weighted by atomic mass is 10.1. The van der Waals surface area contributed by atoms with Crippen molar-refractivity contribution in [3.8, 4) is 0 Å². The summed E-state index contributed by atoms with van der Waals surface area (Å²) in [5, 5.41) is 7.22. The highest BCUT2D eigenvalue weighted by Gasteiger charge is 2.38. The fourth-order valence-electron chi connectivity index (χ4n) is 4.85. The summed E-state index contributed by atoms with van der Waals surface area (Å²) in [5.74, 6) is 0.277. The van der Waals surface area contributed by atoms with Crippen molar-refractivity contribution in [2.45, 2.75) is 52.6 Å². The monoisotopic (exact) mass is 423 g/mol. The molecule has 7 nitrogen and oxygen atoms in total. The maximum absolute atomic E-state index is 13.3. The van der Waals surface area contributed by atoms with E-state index in [0.29, 0.717) is 25.9 Å². The standard InChI is InChI=1S/C24H33N5O2/c1-17-6-4-7-20(14-17)15-29-13-12-27-10-5-11-28(16-22(27)24(29)31)23(30)9-8-21-18(2)25-26-19(21)3/h4,6-7,14,22H,5,8-13,15-16H2,1-3H3,(H,25,26). The smallest absolute Gasteiger partial charge is 0.242 e. The molecule has 2 saturated heterocycles. The van der Waals surface area contributed by atoms with Crippen LogP contribution in [0.25, 0.3) is 0 Å². The number of fused-ring (bicyclic) bond motifs is 1. The third-order valence-electron chi connectivity index (χ3n) is 6.64. The number of piperazine rings is 1. The van der Waals surface area contributed by atoms with Gasteiger partial charge in [0, 0.05) is 51.4 Å². The van der Waals surface area contributed by atoms with E-state index in [4.69, 9.17) is 0 Å². The molecule has 1 aromatic heterocycles. The molecular weight excluding hydrogens is 390 g/mol. The van der Waals surface area contributed by atoms with E-state index >= 15 is 0 Å². The predicted octanol–water partition coefficient (Wildman–Crippen LogP) is 2.21. The van der Waals surface area contributed by atoms with E-state index in [9.17, 15) is 9.59 Å². The lowest BCUT2D eigenvalue weighted by Crippen LogP contribution is -2.59. The van der Waals surface area contributed by atoms with Crippen molar-refractivity contribution in [2.75, 3.05) is 32.7 Å². The zero-order chi connectivity index (χ0) is 22.0. The minimum absolute atomic E-state index is 0.130. The number of nitrogens with zero attached hydrogens (tertiary/aromatic N) is 4. The number of carbonyl (C=O) groups excluding carboxylic acids is 2. The van der Waals surface area contributed by atoms with E-state index in [1.165, 1.54) is 5.56 Å². The molecule has 0 aliphatic carbocycles. The number of hydrogen-bond donors (Lipinski definition) is 1. The molecule has 4 rings (SSSR count). The molecule has 3 heterocycles. The van der Waals surface area contributed by atoms with Gasteiger partial charge < -0.3 is 9.80 Å². The summed E-state index contributed by atoms with van der Waals surface area (Å²) in [6, 6.07) is 8.10. The van der Waals surface area contributed by atoms with Crippen LogP contribution in [0.1, 0.15) is 40.9 Å². The summed E-state index contributed by atoms with van der Waals surface area (Å²) in [4.78, 5) is 32.5. The largest absolute Gasteiger partial charge is 0.341 e. The molecule has 2 amide bonds. The van der Waals surface area contributed by atoms with Gasteiger partial charge in [0.1, 0.15) is 6.04 Å². The first-order valence-corrected chi connectivity index (χ1v) is 11.3. The molecule has 2 aromatic rings. The van der Waals surface area contributed by atoms with E-state index in [2.05, 4.69) is 40.2 Å². The summed E-state index contributed by atoms with van der Waals surface area (Å²) in [7, 11) is 0. The minimum Gasteiger partial charge on any atom is -0.341 e. The molecule has 1 unspecified atom stereocenters. The molecule has 1 aromatic carbocycles. The number of aromatic amines is 1. The van der Waals surface area contributed by atoms with E-state index < -0.39 is 0 Å². The fraction of sp³-hybridized carbons (Fsp3) is 0.542. The first-order valence-electron chi connectivity index (χ1n) is 11.3. The van der Waals surface area contributed by atoms with Crippen molar-refractivity contribution in [2.24, 2.45) is 0 Å². The van der Waals surface area contributed by atoms with Crippen LogP contribution in [-0.4, -0.2) is 75.5 Å². The van der Waals surface area contributed by atoms with E-state index in [1.54, 1.807) is 0 Å². The highest BCUT2D eigenvalue weighted by molar-refractivity contribution is 5.84. The van der Waals surface area contributed by atoms with Crippen LogP contribution >= 0.6 is 0 Å². The molecule has 0 radical (unpaired) electrons. The Morgan fingerprint density at radius 1 is 1.16 bits per heavy atom. The number of benzene rings is 1. The average molecular weight is 424 g/mol. The Kier molecular flexibility index (Phi) is 6.41. The number of H-pyrrole nitrogens is 1. The van der Waals surface area contributed by atoms with Gasteiger partial charge in [-0.25, -0.2) is 0 Å². The van der Waals surface area contributed by atoms with Gasteiger partial charge in [0.05, 0.1) is 5.69 Å². The van der Waals surface area contributed by atoms with Gasteiger partial charge in [-0.05, 0) is 44.7 Å². The second-order valence-corrected chi connectivity index (χ2v) is 8.91. The van der Waals surface area contributed by atoms with Crippen LogP contribution in [0.3, 0.4) is 0 Å². The number of aryl methyl sites for hydroxylation is 3. The summed E-state index contributed by atoms with van der Waals surface area (Å²) in [6.45, 7) is 10.4. The van der Waals surface area contributed by atoms with Crippen LogP contribution in [0.4, 0.5) is 0 Å². The van der Waals surface area contributed by atoms with E-state index in [1.807, 2.05) is 29.7 Å². The van der Waals surface area contributed by atoms with Gasteiger partial charge in [-0.3, -0.25) is 19.6 Å². The lowest BCUT2D eigenvalue weighted by Gasteiger charge is -2.40. The van der Waals surface area contributed by atoms with Crippen molar-refractivity contribution in [1.82, 2.24) is 24.9 Å². The SMILES string of the molecule is Cc1cccc(CN2CCN3CCCN(C(=O)CCc4c(C)n[nH]c4C)CC3C2=O)c1. The van der Waals surface area contributed by atoms with Gasteiger partial charge in [0.2, 0.25) is 11.8 Å². The lowest BCUT2D eigenvalue weighted by molar-refractivity contribution is -0.144. The molecular formula is C24H33N5O2. The van der Waals surface area contributed by atoms with Crippen molar-refractivity contribution in [1.29, 1.82) is 0 Å². The van der Waals surface area contributed by atoms with Crippen LogP contribution in [0.5, 0.6) is 0 Å². The van der Waals surface area contributed by atoms with Crippen molar-refractivity contribution in [3.63, 3.8) is 0 Å². The number of amides is 2. The van der Waals surface area contributed by atoms with Crippen molar-refractivity contribution < 1.29 is 9.59 Å². The summed E-state index contributed by atoms with van der Waals surface area (Å²) >= 11 is 0. The third-order valence-corrected chi connectivity index (χ3v) is 6.64. The van der Waals surface area contributed by atoms with Crippen molar-refractivity contribution in [3.05, 3.63) is 52.3 Å². The zero-order valence-electron chi connectivity index (χ0n) is 18.9. The maximum Gasteiger partial charge on any atom is 0.242 e. The number of hydrogen-bond acceptors (Lipinski definition) is 4. The van der Waals surface area contributed by atoms with E-state index in [0.717, 1.165) is 55.1 Å². The molecule has 1 atom stereocenters. The van der Waals surface area contributed by atoms with Crippen LogP contribution in [0, 0.1) is 20.8 Å². The first kappa shape index (κ1) is 21.6. The normalized spacial score (nSPS) is 20.0. The molecule has 2 aliphatic heterocycles. The van der Waals surface area contributed by atoms with Gasteiger partial charge in [-0.1, -0.05) is 29.8 Å². The van der Waals surface area contributed by atoms with Crippen LogP contribution < -0.4 is 0 Å². The summed E-state index contributed by atoms with van der Waals surface area (Å²) < 4.78 is 0. The second kappa shape index (κ2) is 9.22. The Morgan fingerprint density at radius 2 is 2.00 bits per heavy atom. The Labute approximate surface area is 184 Å². The van der Waals surface area contributed by atoms with Crippen molar-refractivity contribution >= 4 is 11.8 Å². The molecule has 166 valence electrons. The first-order chi connectivity index (χ1) is 14.9. The molecule has 0 spiro atoms. The number of aromatic nitrogens is 2. The highest BCUT2D eigenvalue weighted by atomic mass is 16.2. The van der Waals surface area contributed by atoms with Gasteiger partial charge in [-0.2, -0.15) is 5.10 Å². The number of carbonyl (C=O) groups is 2. The van der Waals surface area contributed by atoms with Gasteiger partial charge in [0.25, 0.3) is 0 Å². The minimum atomic E-state index is -0.234. The van der Waals surface area contributed by atoms with Gasteiger partial charge in [-0.15, -0.1) is 0 Å². The number of nitrogens with one attached hydrogen (secondary N) is 1. The quantitative estimate of drug-likeness (QED) is 0.800. The molecule has 2 fully saturated rings. The fourth-order valence-corrected chi connectivity index (χ4v) is 4.85. The molecule has 0 saturated carbocycles. The van der Waals surface area contributed by atoms with Crippen LogP contribution in [0.2, 0.25) is 0 Å². The summed E-state index contributed by atoms with van der Waals surface area (Å²) in [6.07, 6.45) is 2.05. The highest BCUT2D eigenvalue weighted by Crippen LogP contribution is 2.20. The van der Waals surface area contributed by atoms with Crippen LogP contribution in [-0.2, 0) is 22.6 Å². The molecule has 1 N–H and O–H groups in total. The van der Waals surface area contributed by atoms with Gasteiger partial charge >= 0.3 is 0 Å². The molecule has 31 heavy (non-hydrogen) atoms. The third kappa shape index (κ3) is 4.82. The Hall–Kier alpha value is -2.67. The molecule has 0 bridgehead atoms. The maximum atomic E-state index is 13.3. The Bertz CT molecular complexity index is 934. The number of rotatable bonds is 5. The Morgan fingerprint density at radius 3 is 2.74 bits per heavy atom. The topological polar surface area (TPSA) is 72.5 Å². The predicted molar refractivity (Wildman–Crippen MR) is 120 cm³/mol. The van der Waals surface area contributed by atoms with Gasteiger partial charge in [0.15, 0.2) is 0 Å². The second-order valence-electron chi connectivity index (χ2n) is 8.91. The summed E-state index contributed by atoms with van der Waals surface area (Å²) in [5.41, 5.74) is 5.48. The molecule has 2 aliphatic rings. The van der Waals surface area contributed by atoms with Crippen LogP contribution in [0.15, 0.2) is 24.3 Å². The Balaban J connectivity index is 1.40.